The van der Waals surface area contributed by atoms with Crippen molar-refractivity contribution in [2.45, 2.75) is 98.0 Å². The van der Waals surface area contributed by atoms with E-state index in [-0.39, 0.29) is 22.4 Å². The average molecular weight is 393 g/mol. The first-order chi connectivity index (χ1) is 12.7. The number of carbonyl (C=O) groups excluding carboxylic acids is 1. The van der Waals surface area contributed by atoms with Crippen molar-refractivity contribution in [2.75, 3.05) is 13.2 Å². The molecule has 0 aliphatic heterocycles. The van der Waals surface area contributed by atoms with E-state index in [1.54, 1.807) is 0 Å². The van der Waals surface area contributed by atoms with Gasteiger partial charge in [-0.1, -0.05) is 53.7 Å². The van der Waals surface area contributed by atoms with Crippen LogP contribution in [0.4, 0.5) is 0 Å². The fraction of sp³-hybridized carbons (Fsp3) is 0.708. The van der Waals surface area contributed by atoms with Gasteiger partial charge in [0.15, 0.2) is 0 Å². The van der Waals surface area contributed by atoms with Crippen LogP contribution in [0.5, 0.6) is 5.75 Å². The smallest absolute Gasteiger partial charge is 0.306 e. The van der Waals surface area contributed by atoms with Crippen LogP contribution in [0, 0.1) is 0 Å². The zero-order valence-electron chi connectivity index (χ0n) is 19.4. The Morgan fingerprint density at radius 3 is 1.89 bits per heavy atom. The molecule has 0 saturated carbocycles. The van der Waals surface area contributed by atoms with Crippen molar-refractivity contribution in [1.82, 2.24) is 0 Å². The molecule has 0 amide bonds. The summed E-state index contributed by atoms with van der Waals surface area (Å²) in [5, 5.41) is 10.8. The Morgan fingerprint density at radius 1 is 0.964 bits per heavy atom. The lowest BCUT2D eigenvalue weighted by atomic mass is 9.78. The molecule has 1 N–H and O–H groups in total. The van der Waals surface area contributed by atoms with Gasteiger partial charge >= 0.3 is 5.97 Å². The maximum absolute atomic E-state index is 12.2. The van der Waals surface area contributed by atoms with Crippen molar-refractivity contribution in [1.29, 1.82) is 0 Å². The number of phenolic OH excluding ortho intramolecular Hbond substituents is 1. The lowest BCUT2D eigenvalue weighted by molar-refractivity contribution is -0.145. The van der Waals surface area contributed by atoms with E-state index in [9.17, 15) is 9.90 Å². The zero-order valence-corrected chi connectivity index (χ0v) is 19.4. The first-order valence-corrected chi connectivity index (χ1v) is 10.3. The fourth-order valence-electron chi connectivity index (χ4n) is 3.17. The summed E-state index contributed by atoms with van der Waals surface area (Å²) in [6.07, 6.45) is 1.60. The van der Waals surface area contributed by atoms with Crippen LogP contribution in [0.2, 0.25) is 0 Å². The average Bonchev–Trinajstić information content (AvgIpc) is 2.51. The molecule has 0 spiro atoms. The zero-order chi connectivity index (χ0) is 21.8. The number of aromatic hydroxyl groups is 1. The summed E-state index contributed by atoms with van der Waals surface area (Å²) >= 11 is 0. The molecule has 0 radical (unpaired) electrons. The van der Waals surface area contributed by atoms with Gasteiger partial charge in [-0.05, 0) is 54.7 Å². The fourth-order valence-corrected chi connectivity index (χ4v) is 3.17. The third kappa shape index (κ3) is 7.46. The van der Waals surface area contributed by atoms with E-state index in [0.717, 1.165) is 16.7 Å². The van der Waals surface area contributed by atoms with Crippen LogP contribution in [0.25, 0.3) is 0 Å². The lowest BCUT2D eigenvalue weighted by Gasteiger charge is -2.28. The number of carbonyl (C=O) groups is 1. The molecule has 0 aliphatic rings. The Labute approximate surface area is 171 Å². The SMILES string of the molecule is CCOC(C)(C)CCOC(=O)CCc1cc(C(C)(C)C)c(O)c(C(C)(C)C)c1. The third-order valence-corrected chi connectivity index (χ3v) is 4.91. The largest absolute Gasteiger partial charge is 0.507 e. The summed E-state index contributed by atoms with van der Waals surface area (Å²) in [7, 11) is 0. The standard InChI is InChI=1S/C24H40O4/c1-10-28-24(8,9)13-14-27-20(25)12-11-17-15-18(22(2,3)4)21(26)19(16-17)23(5,6)7/h15-16,26H,10-14H2,1-9H3. The molecule has 0 aromatic heterocycles. The second-order valence-corrected chi connectivity index (χ2v) is 10.2. The molecular weight excluding hydrogens is 352 g/mol. The molecule has 1 aromatic rings. The lowest BCUT2D eigenvalue weighted by Crippen LogP contribution is -2.27. The molecule has 0 bridgehead atoms. The van der Waals surface area contributed by atoms with Gasteiger partial charge in [-0.15, -0.1) is 0 Å². The second-order valence-electron chi connectivity index (χ2n) is 10.2. The maximum Gasteiger partial charge on any atom is 0.306 e. The van der Waals surface area contributed by atoms with Crippen LogP contribution in [0.15, 0.2) is 12.1 Å². The number of esters is 1. The van der Waals surface area contributed by atoms with Gasteiger partial charge in [0.2, 0.25) is 0 Å². The number of hydrogen-bond donors (Lipinski definition) is 1. The minimum absolute atomic E-state index is 0.175. The summed E-state index contributed by atoms with van der Waals surface area (Å²) in [5.41, 5.74) is 2.26. The Kier molecular flexibility index (Phi) is 8.13. The van der Waals surface area contributed by atoms with Crippen molar-refractivity contribution >= 4 is 5.97 Å². The van der Waals surface area contributed by atoms with E-state index >= 15 is 0 Å². The molecule has 1 aromatic carbocycles. The van der Waals surface area contributed by atoms with Crippen molar-refractivity contribution in [3.05, 3.63) is 28.8 Å². The molecule has 0 atom stereocenters. The molecule has 0 aliphatic carbocycles. The highest BCUT2D eigenvalue weighted by molar-refractivity contribution is 5.69. The topological polar surface area (TPSA) is 55.8 Å². The monoisotopic (exact) mass is 392 g/mol. The van der Waals surface area contributed by atoms with Crippen LogP contribution in [0.3, 0.4) is 0 Å². The predicted molar refractivity (Wildman–Crippen MR) is 115 cm³/mol. The molecule has 0 unspecified atom stereocenters. The Hall–Kier alpha value is -1.55. The predicted octanol–water partition coefficient (Wildman–Crippen LogP) is 5.67. The first-order valence-electron chi connectivity index (χ1n) is 10.3. The van der Waals surface area contributed by atoms with Gasteiger partial charge in [0.05, 0.1) is 12.2 Å². The summed E-state index contributed by atoms with van der Waals surface area (Å²) < 4.78 is 11.0. The van der Waals surface area contributed by atoms with Gasteiger partial charge in [-0.2, -0.15) is 0 Å². The molecule has 4 nitrogen and oxygen atoms in total. The van der Waals surface area contributed by atoms with Crippen LogP contribution >= 0.6 is 0 Å². The molecule has 28 heavy (non-hydrogen) atoms. The molecule has 0 saturated heterocycles. The van der Waals surface area contributed by atoms with Crippen LogP contribution in [0.1, 0.15) is 91.8 Å². The summed E-state index contributed by atoms with van der Waals surface area (Å²) in [5.74, 6) is 0.166. The van der Waals surface area contributed by atoms with Crippen LogP contribution in [-0.4, -0.2) is 29.9 Å². The molecular formula is C24H40O4. The Bertz CT molecular complexity index is 625. The van der Waals surface area contributed by atoms with E-state index < -0.39 is 0 Å². The Morgan fingerprint density at radius 2 is 1.46 bits per heavy atom. The summed E-state index contributed by atoms with van der Waals surface area (Å²) in [6.45, 7) is 19.5. The molecule has 0 heterocycles. The highest BCUT2D eigenvalue weighted by Gasteiger charge is 2.26. The number of phenols is 1. The van der Waals surface area contributed by atoms with E-state index in [2.05, 4.69) is 41.5 Å². The van der Waals surface area contributed by atoms with E-state index in [1.807, 2.05) is 32.9 Å². The van der Waals surface area contributed by atoms with Gasteiger partial charge in [-0.3, -0.25) is 4.79 Å². The minimum atomic E-state index is -0.283. The normalized spacial score (nSPS) is 12.9. The highest BCUT2D eigenvalue weighted by Crippen LogP contribution is 2.40. The van der Waals surface area contributed by atoms with Gasteiger partial charge in [-0.25, -0.2) is 0 Å². The van der Waals surface area contributed by atoms with Gasteiger partial charge in [0.25, 0.3) is 0 Å². The summed E-state index contributed by atoms with van der Waals surface area (Å²) in [4.78, 5) is 12.2. The van der Waals surface area contributed by atoms with Gasteiger partial charge in [0.1, 0.15) is 5.75 Å². The first kappa shape index (κ1) is 24.5. The van der Waals surface area contributed by atoms with Gasteiger partial charge in [0, 0.05) is 19.4 Å². The number of rotatable bonds is 8. The van der Waals surface area contributed by atoms with Crippen LogP contribution in [-0.2, 0) is 31.5 Å². The van der Waals surface area contributed by atoms with Crippen molar-refractivity contribution in [3.63, 3.8) is 0 Å². The highest BCUT2D eigenvalue weighted by atomic mass is 16.5. The number of hydrogen-bond acceptors (Lipinski definition) is 4. The van der Waals surface area contributed by atoms with Crippen molar-refractivity contribution < 1.29 is 19.4 Å². The summed E-state index contributed by atoms with van der Waals surface area (Å²) in [6, 6.07) is 4.05. The molecule has 4 heteroatoms. The maximum atomic E-state index is 12.2. The molecule has 1 rings (SSSR count). The van der Waals surface area contributed by atoms with E-state index in [1.165, 1.54) is 0 Å². The number of ether oxygens (including phenoxy) is 2. The van der Waals surface area contributed by atoms with Crippen molar-refractivity contribution in [2.24, 2.45) is 0 Å². The Balaban J connectivity index is 2.82. The van der Waals surface area contributed by atoms with E-state index in [0.29, 0.717) is 38.2 Å². The van der Waals surface area contributed by atoms with Crippen molar-refractivity contribution in [3.8, 4) is 5.75 Å². The molecule has 0 fully saturated rings. The minimum Gasteiger partial charge on any atom is -0.507 e. The van der Waals surface area contributed by atoms with Gasteiger partial charge < -0.3 is 14.6 Å². The third-order valence-electron chi connectivity index (χ3n) is 4.91. The second kappa shape index (κ2) is 9.30. The van der Waals surface area contributed by atoms with E-state index in [4.69, 9.17) is 9.47 Å². The number of benzene rings is 1. The van der Waals surface area contributed by atoms with Crippen LogP contribution < -0.4 is 0 Å². The number of aryl methyl sites for hydroxylation is 1. The molecule has 160 valence electrons. The quantitative estimate of drug-likeness (QED) is 0.579.